The van der Waals surface area contributed by atoms with Crippen LogP contribution >= 0.6 is 0 Å². The third-order valence-corrected chi connectivity index (χ3v) is 3.59. The summed E-state index contributed by atoms with van der Waals surface area (Å²) in [5, 5.41) is 12.0. The van der Waals surface area contributed by atoms with Crippen molar-refractivity contribution in [3.05, 3.63) is 0 Å². The van der Waals surface area contributed by atoms with Crippen LogP contribution in [0, 0.1) is 11.8 Å². The molecule has 2 fully saturated rings. The van der Waals surface area contributed by atoms with Gasteiger partial charge >= 0.3 is 6.03 Å². The van der Waals surface area contributed by atoms with Crippen LogP contribution in [-0.2, 0) is 0 Å². The molecular weight excluding hydrogens is 204 g/mol. The third kappa shape index (κ3) is 2.88. The number of carbonyl (C=O) groups is 1. The molecule has 0 bridgehead atoms. The van der Waals surface area contributed by atoms with Crippen molar-refractivity contribution in [3.63, 3.8) is 0 Å². The molecule has 0 aromatic carbocycles. The van der Waals surface area contributed by atoms with Crippen LogP contribution in [0.2, 0.25) is 0 Å². The molecule has 0 heterocycles. The van der Waals surface area contributed by atoms with Gasteiger partial charge in [0, 0.05) is 19.1 Å². The molecule has 2 N–H and O–H groups in total. The van der Waals surface area contributed by atoms with Crippen LogP contribution in [0.3, 0.4) is 0 Å². The number of amides is 2. The number of aliphatic hydroxyl groups is 1. The Labute approximate surface area is 97.0 Å². The maximum absolute atomic E-state index is 11.9. The van der Waals surface area contributed by atoms with E-state index in [9.17, 15) is 4.79 Å². The van der Waals surface area contributed by atoms with Gasteiger partial charge in [-0.15, -0.1) is 0 Å². The lowest BCUT2D eigenvalue weighted by Crippen LogP contribution is -2.47. The molecule has 0 radical (unpaired) electrons. The standard InChI is InChI=1S/C12H22N2O2/c1-2-14(7-8-15)12(16)13-11(9-3-4-9)10-5-6-10/h9-11,15H,2-8H2,1H3,(H,13,16). The summed E-state index contributed by atoms with van der Waals surface area (Å²) in [6.45, 7) is 3.08. The predicted molar refractivity (Wildman–Crippen MR) is 62.1 cm³/mol. The first-order valence-electron chi connectivity index (χ1n) is 6.42. The van der Waals surface area contributed by atoms with E-state index in [0.29, 0.717) is 19.1 Å². The molecule has 0 saturated heterocycles. The van der Waals surface area contributed by atoms with E-state index in [1.807, 2.05) is 6.92 Å². The number of carbonyl (C=O) groups excluding carboxylic acids is 1. The quantitative estimate of drug-likeness (QED) is 0.715. The van der Waals surface area contributed by atoms with Gasteiger partial charge in [0.15, 0.2) is 0 Å². The summed E-state index contributed by atoms with van der Waals surface area (Å²) in [6, 6.07) is 0.403. The predicted octanol–water partition coefficient (Wildman–Crippen LogP) is 1.20. The van der Waals surface area contributed by atoms with Crippen LogP contribution in [0.1, 0.15) is 32.6 Å². The van der Waals surface area contributed by atoms with Crippen LogP contribution in [-0.4, -0.2) is 41.8 Å². The van der Waals surface area contributed by atoms with Gasteiger partial charge in [0.05, 0.1) is 6.61 Å². The van der Waals surface area contributed by atoms with E-state index in [0.717, 1.165) is 11.8 Å². The average molecular weight is 226 g/mol. The highest BCUT2D eigenvalue weighted by Crippen LogP contribution is 2.44. The number of hydrogen-bond acceptors (Lipinski definition) is 2. The van der Waals surface area contributed by atoms with Gasteiger partial charge < -0.3 is 15.3 Å². The molecule has 2 aliphatic carbocycles. The summed E-state index contributed by atoms with van der Waals surface area (Å²) in [4.78, 5) is 13.6. The summed E-state index contributed by atoms with van der Waals surface area (Å²) in [5.41, 5.74) is 0. The molecule has 4 nitrogen and oxygen atoms in total. The largest absolute Gasteiger partial charge is 0.395 e. The van der Waals surface area contributed by atoms with Gasteiger partial charge in [-0.2, -0.15) is 0 Å². The zero-order valence-electron chi connectivity index (χ0n) is 9.98. The Morgan fingerprint density at radius 2 is 1.94 bits per heavy atom. The Bertz CT molecular complexity index is 237. The molecule has 0 unspecified atom stereocenters. The number of likely N-dealkylation sites (N-methyl/N-ethyl adjacent to an activating group) is 1. The van der Waals surface area contributed by atoms with Crippen molar-refractivity contribution in [1.29, 1.82) is 0 Å². The molecule has 2 saturated carbocycles. The number of nitrogens with zero attached hydrogens (tertiary/aromatic N) is 1. The SMILES string of the molecule is CCN(CCO)C(=O)NC(C1CC1)C1CC1. The third-order valence-electron chi connectivity index (χ3n) is 3.59. The van der Waals surface area contributed by atoms with Gasteiger partial charge in [0.25, 0.3) is 0 Å². The molecule has 2 aliphatic rings. The van der Waals surface area contributed by atoms with Crippen molar-refractivity contribution < 1.29 is 9.90 Å². The highest BCUT2D eigenvalue weighted by molar-refractivity contribution is 5.74. The molecule has 16 heavy (non-hydrogen) atoms. The maximum Gasteiger partial charge on any atom is 0.317 e. The fourth-order valence-corrected chi connectivity index (χ4v) is 2.29. The van der Waals surface area contributed by atoms with Gasteiger partial charge in [-0.1, -0.05) is 0 Å². The van der Waals surface area contributed by atoms with Crippen molar-refractivity contribution in [2.75, 3.05) is 19.7 Å². The van der Waals surface area contributed by atoms with Crippen molar-refractivity contribution in [2.24, 2.45) is 11.8 Å². The second kappa shape index (κ2) is 5.04. The summed E-state index contributed by atoms with van der Waals surface area (Å²) < 4.78 is 0. The zero-order chi connectivity index (χ0) is 11.5. The van der Waals surface area contributed by atoms with Crippen LogP contribution in [0.15, 0.2) is 0 Å². The Balaban J connectivity index is 1.83. The van der Waals surface area contributed by atoms with E-state index in [-0.39, 0.29) is 12.6 Å². The van der Waals surface area contributed by atoms with E-state index < -0.39 is 0 Å². The molecule has 2 amide bonds. The Morgan fingerprint density at radius 3 is 2.31 bits per heavy atom. The van der Waals surface area contributed by atoms with Crippen LogP contribution in [0.5, 0.6) is 0 Å². The van der Waals surface area contributed by atoms with Gasteiger partial charge in [0.1, 0.15) is 0 Å². The van der Waals surface area contributed by atoms with Gasteiger partial charge in [0.2, 0.25) is 0 Å². The summed E-state index contributed by atoms with van der Waals surface area (Å²) in [7, 11) is 0. The Hall–Kier alpha value is -0.770. The summed E-state index contributed by atoms with van der Waals surface area (Å²) >= 11 is 0. The van der Waals surface area contributed by atoms with Gasteiger partial charge in [-0.25, -0.2) is 4.79 Å². The minimum Gasteiger partial charge on any atom is -0.395 e. The van der Waals surface area contributed by atoms with E-state index in [2.05, 4.69) is 5.32 Å². The van der Waals surface area contributed by atoms with Crippen molar-refractivity contribution in [3.8, 4) is 0 Å². The minimum atomic E-state index is 0.000324. The number of rotatable bonds is 6. The number of urea groups is 1. The highest BCUT2D eigenvalue weighted by atomic mass is 16.3. The van der Waals surface area contributed by atoms with Crippen LogP contribution in [0.4, 0.5) is 4.79 Å². The topological polar surface area (TPSA) is 52.6 Å². The number of nitrogens with one attached hydrogen (secondary N) is 1. The molecule has 0 atom stereocenters. The van der Waals surface area contributed by atoms with E-state index in [1.165, 1.54) is 25.7 Å². The van der Waals surface area contributed by atoms with Crippen LogP contribution in [0.25, 0.3) is 0 Å². The molecule has 92 valence electrons. The fourth-order valence-electron chi connectivity index (χ4n) is 2.29. The van der Waals surface area contributed by atoms with E-state index in [4.69, 9.17) is 5.11 Å². The zero-order valence-corrected chi connectivity index (χ0v) is 9.98. The normalized spacial score (nSPS) is 19.9. The molecule has 0 aliphatic heterocycles. The molecule has 0 aromatic heterocycles. The lowest BCUT2D eigenvalue weighted by molar-refractivity contribution is 0.174. The number of hydrogen-bond donors (Lipinski definition) is 2. The fraction of sp³-hybridized carbons (Fsp3) is 0.917. The maximum atomic E-state index is 11.9. The van der Waals surface area contributed by atoms with Crippen molar-refractivity contribution >= 4 is 6.03 Å². The monoisotopic (exact) mass is 226 g/mol. The second-order valence-corrected chi connectivity index (χ2v) is 4.95. The lowest BCUT2D eigenvalue weighted by atomic mass is 10.1. The minimum absolute atomic E-state index is 0.000324. The average Bonchev–Trinajstić information content (AvgIpc) is 3.15. The van der Waals surface area contributed by atoms with Crippen LogP contribution < -0.4 is 5.32 Å². The first kappa shape index (κ1) is 11.7. The first-order chi connectivity index (χ1) is 7.76. The first-order valence-corrected chi connectivity index (χ1v) is 6.42. The van der Waals surface area contributed by atoms with Crippen molar-refractivity contribution in [2.45, 2.75) is 38.6 Å². The van der Waals surface area contributed by atoms with E-state index >= 15 is 0 Å². The van der Waals surface area contributed by atoms with Crippen molar-refractivity contribution in [1.82, 2.24) is 10.2 Å². The molecule has 0 spiro atoms. The summed E-state index contributed by atoms with van der Waals surface area (Å²) in [6.07, 6.45) is 5.09. The molecule has 4 heteroatoms. The summed E-state index contributed by atoms with van der Waals surface area (Å²) in [5.74, 6) is 1.45. The number of aliphatic hydroxyl groups excluding tert-OH is 1. The molecular formula is C12H22N2O2. The van der Waals surface area contributed by atoms with Gasteiger partial charge in [-0.05, 0) is 44.4 Å². The molecule has 2 rings (SSSR count). The smallest absolute Gasteiger partial charge is 0.317 e. The Kier molecular flexibility index (Phi) is 3.69. The second-order valence-electron chi connectivity index (χ2n) is 4.95. The lowest BCUT2D eigenvalue weighted by Gasteiger charge is -2.25. The highest BCUT2D eigenvalue weighted by Gasteiger charge is 2.42. The Morgan fingerprint density at radius 1 is 1.38 bits per heavy atom. The molecule has 0 aromatic rings. The van der Waals surface area contributed by atoms with E-state index in [1.54, 1.807) is 4.90 Å². The van der Waals surface area contributed by atoms with Gasteiger partial charge in [-0.3, -0.25) is 0 Å².